The Morgan fingerprint density at radius 1 is 1.43 bits per heavy atom. The molecule has 1 N–H and O–H groups in total. The van der Waals surface area contributed by atoms with Crippen molar-refractivity contribution >= 4 is 12.8 Å². The lowest BCUT2D eigenvalue weighted by Gasteiger charge is -1.87. The van der Waals surface area contributed by atoms with E-state index in [0.29, 0.717) is 5.82 Å². The molecule has 0 aliphatic rings. The quantitative estimate of drug-likeness (QED) is 0.735. The Morgan fingerprint density at radius 2 is 1.93 bits per heavy atom. The molecule has 14 heavy (non-hydrogen) atoms. The van der Waals surface area contributed by atoms with E-state index in [1.807, 2.05) is 27.7 Å². The van der Waals surface area contributed by atoms with Gasteiger partial charge in [-0.15, -0.1) is 0 Å². The first-order chi connectivity index (χ1) is 6.79. The fraction of sp³-hybridized carbons (Fsp3) is 0.444. The number of rotatable bonds is 2. The average molecular weight is 198 g/mol. The van der Waals surface area contributed by atoms with Gasteiger partial charge < -0.3 is 0 Å². The van der Waals surface area contributed by atoms with Crippen LogP contribution in [0.25, 0.3) is 6.08 Å². The van der Waals surface area contributed by atoms with Gasteiger partial charge in [0.2, 0.25) is 0 Å². The Labute approximate surface area is 84.2 Å². The highest BCUT2D eigenvalue weighted by molar-refractivity contribution is 5.36. The van der Waals surface area contributed by atoms with Gasteiger partial charge in [-0.05, 0) is 6.08 Å². The fourth-order valence-corrected chi connectivity index (χ4v) is 0.573. The highest BCUT2D eigenvalue weighted by Gasteiger charge is 1.99. The lowest BCUT2D eigenvalue weighted by Crippen LogP contribution is -2.12. The minimum atomic E-state index is -0.412. The van der Waals surface area contributed by atoms with Crippen molar-refractivity contribution in [3.05, 3.63) is 22.9 Å². The molecule has 1 aromatic heterocycles. The molecule has 80 valence electrons. The van der Waals surface area contributed by atoms with E-state index in [4.69, 9.17) is 0 Å². The van der Waals surface area contributed by atoms with Crippen molar-refractivity contribution in [2.24, 2.45) is 5.10 Å². The van der Waals surface area contributed by atoms with Gasteiger partial charge in [-0.1, -0.05) is 34.3 Å². The van der Waals surface area contributed by atoms with E-state index in [9.17, 15) is 4.79 Å². The Kier molecular flexibility index (Phi) is 10.0. The highest BCUT2D eigenvalue weighted by atomic mass is 16.2. The van der Waals surface area contributed by atoms with Crippen molar-refractivity contribution in [3.63, 3.8) is 0 Å². The molecule has 1 aromatic rings. The second-order valence-corrected chi connectivity index (χ2v) is 1.54. The van der Waals surface area contributed by atoms with E-state index in [2.05, 4.69) is 28.6 Å². The minimum absolute atomic E-state index is 0.361. The van der Waals surface area contributed by atoms with E-state index in [1.165, 1.54) is 6.08 Å². The van der Waals surface area contributed by atoms with Crippen LogP contribution in [0.5, 0.6) is 0 Å². The summed E-state index contributed by atoms with van der Waals surface area (Å²) in [6, 6.07) is 0. The predicted octanol–water partition coefficient (Wildman–Crippen LogP) is 1.73. The molecule has 1 rings (SSSR count). The number of aromatic amines is 1. The summed E-state index contributed by atoms with van der Waals surface area (Å²) in [5.41, 5.74) is -0.412. The average Bonchev–Trinajstić information content (AvgIpc) is 2.64. The summed E-state index contributed by atoms with van der Waals surface area (Å²) in [6.45, 7) is 14.6. The van der Waals surface area contributed by atoms with Crippen molar-refractivity contribution < 1.29 is 0 Å². The molecular formula is C9H18N4O. The Morgan fingerprint density at radius 3 is 2.21 bits per heavy atom. The maximum atomic E-state index is 10.7. The molecule has 0 fully saturated rings. The van der Waals surface area contributed by atoms with Crippen molar-refractivity contribution in [1.82, 2.24) is 14.9 Å². The van der Waals surface area contributed by atoms with Gasteiger partial charge in [0, 0.05) is 6.72 Å². The molecule has 0 bridgehead atoms. The Hall–Kier alpha value is -1.65. The number of nitrogens with zero attached hydrogens (tertiary/aromatic N) is 3. The molecule has 0 spiro atoms. The molecule has 0 saturated heterocycles. The molecule has 5 nitrogen and oxygen atoms in total. The number of hydrogen-bond donors (Lipinski definition) is 1. The summed E-state index contributed by atoms with van der Waals surface area (Å²) in [5.74, 6) is 0.361. The maximum Gasteiger partial charge on any atom is 0.364 e. The van der Waals surface area contributed by atoms with Crippen LogP contribution in [0.15, 0.2) is 16.5 Å². The van der Waals surface area contributed by atoms with Crippen LogP contribution in [0, 0.1) is 0 Å². The van der Waals surface area contributed by atoms with E-state index in [0.717, 1.165) is 4.68 Å². The van der Waals surface area contributed by atoms with Crippen LogP contribution in [0.1, 0.15) is 33.5 Å². The van der Waals surface area contributed by atoms with Gasteiger partial charge in [0.15, 0.2) is 5.82 Å². The highest BCUT2D eigenvalue weighted by Crippen LogP contribution is 1.88. The lowest BCUT2D eigenvalue weighted by molar-refractivity contribution is 0.829. The van der Waals surface area contributed by atoms with Gasteiger partial charge in [-0.2, -0.15) is 14.9 Å². The van der Waals surface area contributed by atoms with Crippen LogP contribution in [-0.4, -0.2) is 21.6 Å². The van der Waals surface area contributed by atoms with Crippen LogP contribution in [-0.2, 0) is 0 Å². The monoisotopic (exact) mass is 198 g/mol. The molecule has 0 aliphatic heterocycles. The molecule has 0 atom stereocenters. The Balaban J connectivity index is 0. The van der Waals surface area contributed by atoms with Crippen molar-refractivity contribution in [3.8, 4) is 0 Å². The van der Waals surface area contributed by atoms with Gasteiger partial charge in [-0.3, -0.25) is 0 Å². The minimum Gasteiger partial charge on any atom is -0.244 e. The first kappa shape index (κ1) is 14.9. The SMILES string of the molecule is C=Cc1n[nH]c(=O)n1N=C.CC.CC. The zero-order chi connectivity index (χ0) is 11.6. The van der Waals surface area contributed by atoms with Crippen LogP contribution < -0.4 is 5.69 Å². The maximum absolute atomic E-state index is 10.7. The molecular weight excluding hydrogens is 180 g/mol. The summed E-state index contributed by atoms with van der Waals surface area (Å²) >= 11 is 0. The number of aromatic nitrogens is 3. The number of nitrogens with one attached hydrogen (secondary N) is 1. The topological polar surface area (TPSA) is 63.0 Å². The fourth-order valence-electron chi connectivity index (χ4n) is 0.573. The summed E-state index contributed by atoms with van der Waals surface area (Å²) in [5, 5.41) is 9.16. The zero-order valence-corrected chi connectivity index (χ0v) is 9.24. The van der Waals surface area contributed by atoms with Gasteiger partial charge in [0.1, 0.15) is 0 Å². The first-order valence-corrected chi connectivity index (χ1v) is 4.56. The van der Waals surface area contributed by atoms with E-state index in [-0.39, 0.29) is 0 Å². The van der Waals surface area contributed by atoms with Gasteiger partial charge in [-0.25, -0.2) is 9.89 Å². The van der Waals surface area contributed by atoms with Crippen LogP contribution in [0.2, 0.25) is 0 Å². The summed E-state index contributed by atoms with van der Waals surface area (Å²) in [7, 11) is 0. The van der Waals surface area contributed by atoms with Gasteiger partial charge >= 0.3 is 5.69 Å². The molecule has 0 saturated carbocycles. The second kappa shape index (κ2) is 9.44. The van der Waals surface area contributed by atoms with Crippen LogP contribution in [0.4, 0.5) is 0 Å². The summed E-state index contributed by atoms with van der Waals surface area (Å²) in [4.78, 5) is 10.7. The third-order valence-electron chi connectivity index (χ3n) is 0.999. The number of hydrogen-bond acceptors (Lipinski definition) is 3. The van der Waals surface area contributed by atoms with Crippen LogP contribution >= 0.6 is 0 Å². The van der Waals surface area contributed by atoms with E-state index in [1.54, 1.807) is 0 Å². The van der Waals surface area contributed by atoms with Gasteiger partial charge in [0.25, 0.3) is 0 Å². The smallest absolute Gasteiger partial charge is 0.244 e. The van der Waals surface area contributed by atoms with E-state index >= 15 is 0 Å². The largest absolute Gasteiger partial charge is 0.364 e. The Bertz CT molecular complexity index is 311. The van der Waals surface area contributed by atoms with Crippen molar-refractivity contribution in [2.75, 3.05) is 0 Å². The van der Waals surface area contributed by atoms with Gasteiger partial charge in [0.05, 0.1) is 0 Å². The lowest BCUT2D eigenvalue weighted by atomic mass is 10.6. The predicted molar refractivity (Wildman–Crippen MR) is 60.6 cm³/mol. The molecule has 5 heteroatoms. The first-order valence-electron chi connectivity index (χ1n) is 4.56. The molecule has 0 amide bonds. The van der Waals surface area contributed by atoms with E-state index < -0.39 is 5.69 Å². The molecule has 0 radical (unpaired) electrons. The summed E-state index contributed by atoms with van der Waals surface area (Å²) in [6.07, 6.45) is 1.41. The molecule has 0 aliphatic carbocycles. The molecule has 0 aromatic carbocycles. The third kappa shape index (κ3) is 3.84. The third-order valence-corrected chi connectivity index (χ3v) is 0.999. The van der Waals surface area contributed by atoms with Crippen molar-refractivity contribution in [2.45, 2.75) is 27.7 Å². The standard InChI is InChI=1S/C5H6N4O.2C2H6/c1-3-4-7-8-5(10)9(4)6-2;2*1-2/h3H,1-2H2,(H,8,10);2*1-2H3. The van der Waals surface area contributed by atoms with Crippen molar-refractivity contribution in [1.29, 1.82) is 0 Å². The molecule has 0 unspecified atom stereocenters. The summed E-state index contributed by atoms with van der Waals surface area (Å²) < 4.78 is 1.02. The molecule has 1 heterocycles. The van der Waals surface area contributed by atoms with Crippen LogP contribution in [0.3, 0.4) is 0 Å². The zero-order valence-electron chi connectivity index (χ0n) is 9.24. The number of H-pyrrole nitrogens is 1. The second-order valence-electron chi connectivity index (χ2n) is 1.54. The normalized spacial score (nSPS) is 7.43.